The molecule has 0 atom stereocenters. The highest BCUT2D eigenvalue weighted by molar-refractivity contribution is 9.10. The maximum absolute atomic E-state index is 11.2. The second-order valence-corrected chi connectivity index (χ2v) is 4.02. The lowest BCUT2D eigenvalue weighted by molar-refractivity contribution is 0.101. The van der Waals surface area contributed by atoms with E-state index in [-0.39, 0.29) is 5.78 Å². The van der Waals surface area contributed by atoms with E-state index in [0.717, 1.165) is 5.56 Å². The third-order valence-corrected chi connectivity index (χ3v) is 3.22. The van der Waals surface area contributed by atoms with E-state index in [9.17, 15) is 4.79 Å². The van der Waals surface area contributed by atoms with Crippen molar-refractivity contribution in [2.45, 2.75) is 13.8 Å². The van der Waals surface area contributed by atoms with Gasteiger partial charge in [-0.15, -0.1) is 0 Å². The Balaban J connectivity index is 3.56. The van der Waals surface area contributed by atoms with Gasteiger partial charge in [0.05, 0.1) is 5.02 Å². The highest BCUT2D eigenvalue weighted by Gasteiger charge is 2.14. The van der Waals surface area contributed by atoms with Gasteiger partial charge in [0.25, 0.3) is 0 Å². The topological polar surface area (TPSA) is 43.1 Å². The first-order chi connectivity index (χ1) is 5.95. The number of benzene rings is 1. The molecule has 70 valence electrons. The number of rotatable bonds is 1. The molecule has 2 nitrogen and oxygen atoms in total. The van der Waals surface area contributed by atoms with Crippen LogP contribution < -0.4 is 5.73 Å². The molecule has 0 fully saturated rings. The molecule has 0 unspecified atom stereocenters. The molecule has 0 radical (unpaired) electrons. The molecule has 0 bridgehead atoms. The summed E-state index contributed by atoms with van der Waals surface area (Å²) in [6, 6.07) is 1.63. The molecule has 2 N–H and O–H groups in total. The summed E-state index contributed by atoms with van der Waals surface area (Å²) in [5.74, 6) is -0.0430. The van der Waals surface area contributed by atoms with Crippen molar-refractivity contribution < 1.29 is 4.79 Å². The number of carbonyl (C=O) groups is 1. The van der Waals surface area contributed by atoms with Gasteiger partial charge in [-0.2, -0.15) is 0 Å². The lowest BCUT2D eigenvalue weighted by atomic mass is 10.0. The van der Waals surface area contributed by atoms with E-state index in [2.05, 4.69) is 15.9 Å². The van der Waals surface area contributed by atoms with Crippen LogP contribution in [0.4, 0.5) is 5.69 Å². The first kappa shape index (κ1) is 10.5. The summed E-state index contributed by atoms with van der Waals surface area (Å²) in [5.41, 5.74) is 7.54. The fourth-order valence-electron chi connectivity index (χ4n) is 1.16. The predicted octanol–water partition coefficient (Wildman–Crippen LogP) is 3.20. The van der Waals surface area contributed by atoms with Crippen molar-refractivity contribution in [3.05, 3.63) is 26.7 Å². The van der Waals surface area contributed by atoms with Gasteiger partial charge in [0, 0.05) is 15.7 Å². The lowest BCUT2D eigenvalue weighted by Crippen LogP contribution is -2.02. The summed E-state index contributed by atoms with van der Waals surface area (Å²) in [7, 11) is 0. The van der Waals surface area contributed by atoms with Crippen LogP contribution in [0.15, 0.2) is 10.5 Å². The Morgan fingerprint density at radius 3 is 2.62 bits per heavy atom. The summed E-state index contributed by atoms with van der Waals surface area (Å²) in [4.78, 5) is 11.2. The number of carbonyl (C=O) groups excluding carboxylic acids is 1. The molecule has 1 aromatic carbocycles. The van der Waals surface area contributed by atoms with E-state index >= 15 is 0 Å². The Labute approximate surface area is 90.2 Å². The van der Waals surface area contributed by atoms with Crippen LogP contribution >= 0.6 is 27.5 Å². The van der Waals surface area contributed by atoms with E-state index in [1.54, 1.807) is 13.0 Å². The third kappa shape index (κ3) is 1.86. The predicted molar refractivity (Wildman–Crippen MR) is 58.3 cm³/mol. The molecule has 4 heteroatoms. The van der Waals surface area contributed by atoms with Crippen LogP contribution in [-0.2, 0) is 0 Å². The van der Waals surface area contributed by atoms with Gasteiger partial charge in [0.2, 0.25) is 0 Å². The zero-order chi connectivity index (χ0) is 10.2. The Morgan fingerprint density at radius 1 is 1.62 bits per heavy atom. The Kier molecular flexibility index (Phi) is 2.98. The number of hydrogen-bond acceptors (Lipinski definition) is 2. The summed E-state index contributed by atoms with van der Waals surface area (Å²) in [5, 5.41) is 0.466. The highest BCUT2D eigenvalue weighted by Crippen LogP contribution is 2.32. The summed E-state index contributed by atoms with van der Waals surface area (Å²) in [6.45, 7) is 3.29. The van der Waals surface area contributed by atoms with Gasteiger partial charge in [-0.25, -0.2) is 0 Å². The molecule has 0 saturated heterocycles. The number of anilines is 1. The summed E-state index contributed by atoms with van der Waals surface area (Å²) < 4.78 is 0.619. The molecule has 0 heterocycles. The minimum Gasteiger partial charge on any atom is -0.398 e. The van der Waals surface area contributed by atoms with E-state index < -0.39 is 0 Å². The third-order valence-electron chi connectivity index (χ3n) is 1.87. The van der Waals surface area contributed by atoms with Crippen molar-refractivity contribution in [2.75, 3.05) is 5.73 Å². The van der Waals surface area contributed by atoms with Gasteiger partial charge in [-0.3, -0.25) is 4.79 Å². The Morgan fingerprint density at radius 2 is 2.15 bits per heavy atom. The Bertz CT molecular complexity index is 350. The average Bonchev–Trinajstić information content (AvgIpc) is 2.01. The quantitative estimate of drug-likeness (QED) is 0.624. The second-order valence-electron chi connectivity index (χ2n) is 2.82. The second kappa shape index (κ2) is 3.68. The van der Waals surface area contributed by atoms with Crippen LogP contribution in [0.5, 0.6) is 0 Å². The molecule has 0 saturated carbocycles. The number of nitrogens with two attached hydrogens (primary N) is 1. The van der Waals surface area contributed by atoms with Gasteiger partial charge in [0.1, 0.15) is 0 Å². The number of Topliss-reactive ketones (excluding diaryl/α,β-unsaturated/α-hetero) is 1. The van der Waals surface area contributed by atoms with Crippen molar-refractivity contribution in [1.29, 1.82) is 0 Å². The molecule has 0 amide bonds. The normalized spacial score (nSPS) is 10.2. The van der Waals surface area contributed by atoms with E-state index in [0.29, 0.717) is 20.7 Å². The maximum atomic E-state index is 11.2. The number of ketones is 1. The van der Waals surface area contributed by atoms with E-state index in [1.165, 1.54) is 6.92 Å². The summed E-state index contributed by atoms with van der Waals surface area (Å²) >= 11 is 9.11. The van der Waals surface area contributed by atoms with Crippen LogP contribution in [-0.4, -0.2) is 5.78 Å². The van der Waals surface area contributed by atoms with Gasteiger partial charge < -0.3 is 5.73 Å². The average molecular weight is 263 g/mol. The zero-order valence-electron chi connectivity index (χ0n) is 7.32. The number of halogens is 2. The molecule has 0 aliphatic rings. The fourth-order valence-corrected chi connectivity index (χ4v) is 2.06. The monoisotopic (exact) mass is 261 g/mol. The van der Waals surface area contributed by atoms with E-state index in [1.807, 2.05) is 0 Å². The number of nitrogen functional groups attached to an aromatic ring is 1. The van der Waals surface area contributed by atoms with Gasteiger partial charge in [-0.1, -0.05) is 11.6 Å². The van der Waals surface area contributed by atoms with Gasteiger partial charge in [0.15, 0.2) is 5.78 Å². The molecule has 0 spiro atoms. The Hall–Kier alpha value is -0.540. The molecule has 0 aliphatic carbocycles. The van der Waals surface area contributed by atoms with Crippen LogP contribution in [0, 0.1) is 6.92 Å². The zero-order valence-corrected chi connectivity index (χ0v) is 9.66. The molecular weight excluding hydrogens is 253 g/mol. The molecule has 13 heavy (non-hydrogen) atoms. The maximum Gasteiger partial charge on any atom is 0.161 e. The van der Waals surface area contributed by atoms with Crippen molar-refractivity contribution in [1.82, 2.24) is 0 Å². The van der Waals surface area contributed by atoms with Crippen molar-refractivity contribution in [3.8, 4) is 0 Å². The summed E-state index contributed by atoms with van der Waals surface area (Å²) in [6.07, 6.45) is 0. The standard InChI is InChI=1S/C9H9BrClNO/c1-4-7(12)3-6(11)9(10)8(4)5(2)13/h3H,12H2,1-2H3. The van der Waals surface area contributed by atoms with Crippen LogP contribution in [0.1, 0.15) is 22.8 Å². The molecule has 1 rings (SSSR count). The highest BCUT2D eigenvalue weighted by atomic mass is 79.9. The minimum absolute atomic E-state index is 0.0430. The van der Waals surface area contributed by atoms with Crippen molar-refractivity contribution >= 4 is 39.0 Å². The minimum atomic E-state index is -0.0430. The van der Waals surface area contributed by atoms with Crippen LogP contribution in [0.25, 0.3) is 0 Å². The van der Waals surface area contributed by atoms with Crippen LogP contribution in [0.3, 0.4) is 0 Å². The number of hydrogen-bond donors (Lipinski definition) is 1. The first-order valence-corrected chi connectivity index (χ1v) is 4.87. The smallest absolute Gasteiger partial charge is 0.161 e. The fraction of sp³-hybridized carbons (Fsp3) is 0.222. The van der Waals surface area contributed by atoms with Crippen molar-refractivity contribution in [3.63, 3.8) is 0 Å². The van der Waals surface area contributed by atoms with E-state index in [4.69, 9.17) is 17.3 Å². The molecular formula is C9H9BrClNO. The van der Waals surface area contributed by atoms with Crippen molar-refractivity contribution in [2.24, 2.45) is 0 Å². The lowest BCUT2D eigenvalue weighted by Gasteiger charge is -2.09. The largest absolute Gasteiger partial charge is 0.398 e. The van der Waals surface area contributed by atoms with Gasteiger partial charge in [-0.05, 0) is 41.4 Å². The first-order valence-electron chi connectivity index (χ1n) is 3.70. The molecule has 0 aromatic heterocycles. The molecule has 1 aromatic rings. The molecule has 0 aliphatic heterocycles. The SMILES string of the molecule is CC(=O)c1c(C)c(N)cc(Cl)c1Br. The van der Waals surface area contributed by atoms with Crippen LogP contribution in [0.2, 0.25) is 5.02 Å². The van der Waals surface area contributed by atoms with Gasteiger partial charge >= 0.3 is 0 Å².